The first kappa shape index (κ1) is 24.6. The molecule has 0 aromatic carbocycles. The van der Waals surface area contributed by atoms with E-state index in [9.17, 15) is 14.4 Å². The molecule has 3 rings (SSSR count). The van der Waals surface area contributed by atoms with E-state index >= 15 is 0 Å². The fourth-order valence-electron chi connectivity index (χ4n) is 3.85. The molecule has 1 aliphatic carbocycles. The molecule has 0 unspecified atom stereocenters. The van der Waals surface area contributed by atoms with Gasteiger partial charge in [-0.05, 0) is 63.4 Å². The first-order valence-corrected chi connectivity index (χ1v) is 11.5. The van der Waals surface area contributed by atoms with E-state index in [1.54, 1.807) is 6.92 Å². The van der Waals surface area contributed by atoms with Crippen LogP contribution in [0.25, 0.3) is 11.1 Å². The van der Waals surface area contributed by atoms with Crippen molar-refractivity contribution in [2.24, 2.45) is 11.1 Å². The van der Waals surface area contributed by atoms with Gasteiger partial charge in [-0.25, -0.2) is 4.79 Å². The van der Waals surface area contributed by atoms with Gasteiger partial charge in [0.25, 0.3) is 5.56 Å². The summed E-state index contributed by atoms with van der Waals surface area (Å²) in [5.74, 6) is 0.0908. The number of hydrogen-bond donors (Lipinski definition) is 1. The second kappa shape index (κ2) is 12.3. The highest BCUT2D eigenvalue weighted by Crippen LogP contribution is 2.26. The number of aryl methyl sites for hydroxylation is 1. The summed E-state index contributed by atoms with van der Waals surface area (Å²) in [7, 11) is 0. The number of nitrogens with zero attached hydrogens (tertiary/aromatic N) is 2. The van der Waals surface area contributed by atoms with Crippen LogP contribution in [0.2, 0.25) is 0 Å². The second-order valence-corrected chi connectivity index (χ2v) is 8.06. The van der Waals surface area contributed by atoms with Crippen LogP contribution in [-0.4, -0.2) is 41.5 Å². The lowest BCUT2D eigenvalue weighted by Gasteiger charge is -2.21. The quantitative estimate of drug-likeness (QED) is 0.307. The van der Waals surface area contributed by atoms with Crippen LogP contribution < -0.4 is 16.0 Å². The predicted octanol–water partition coefficient (Wildman–Crippen LogP) is 3.11. The van der Waals surface area contributed by atoms with Crippen molar-refractivity contribution >= 4 is 22.8 Å². The number of esters is 1. The zero-order valence-corrected chi connectivity index (χ0v) is 19.2. The van der Waals surface area contributed by atoms with Crippen LogP contribution in [0.15, 0.2) is 25.2 Å². The Labute approximate surface area is 191 Å². The molecule has 33 heavy (non-hydrogen) atoms. The molecular weight excluding hydrogens is 430 g/mol. The molecule has 0 atom stereocenters. The normalized spacial score (nSPS) is 16.1. The van der Waals surface area contributed by atoms with Crippen LogP contribution in [-0.2, 0) is 20.7 Å². The maximum absolute atomic E-state index is 12.7. The summed E-state index contributed by atoms with van der Waals surface area (Å²) in [6.07, 6.45) is 5.48. The van der Waals surface area contributed by atoms with Crippen LogP contribution in [0, 0.1) is 5.92 Å². The molecule has 1 N–H and O–H groups in total. The Kier molecular flexibility index (Phi) is 9.17. The monoisotopic (exact) mass is 461 g/mol. The summed E-state index contributed by atoms with van der Waals surface area (Å²) < 4.78 is 15.6. The van der Waals surface area contributed by atoms with Crippen molar-refractivity contribution in [2.45, 2.75) is 65.2 Å². The van der Waals surface area contributed by atoms with E-state index in [-0.39, 0.29) is 29.0 Å². The summed E-state index contributed by atoms with van der Waals surface area (Å²) in [5.41, 5.74) is 0.265. The highest BCUT2D eigenvalue weighted by Gasteiger charge is 2.21. The predicted molar refractivity (Wildman–Crippen MR) is 122 cm³/mol. The van der Waals surface area contributed by atoms with Crippen molar-refractivity contribution < 1.29 is 23.5 Å². The minimum Gasteiger partial charge on any atom is -0.466 e. The fourth-order valence-corrected chi connectivity index (χ4v) is 3.85. The molecule has 1 aliphatic rings. The highest BCUT2D eigenvalue weighted by atomic mass is 16.6. The maximum Gasteiger partial charge on any atom is 0.337 e. The van der Waals surface area contributed by atoms with Crippen LogP contribution >= 0.6 is 0 Å². The number of ether oxygens (including phenoxy) is 2. The minimum absolute atomic E-state index is 0.0796. The molecule has 1 saturated carbocycles. The van der Waals surface area contributed by atoms with Crippen LogP contribution in [0.5, 0.6) is 6.01 Å². The summed E-state index contributed by atoms with van der Waals surface area (Å²) in [6.45, 7) is 5.43. The number of nitrogens with one attached hydrogen (secondary N) is 1. The molecule has 0 spiro atoms. The molecule has 0 bridgehead atoms. The molecule has 2 aromatic heterocycles. The lowest BCUT2D eigenvalue weighted by atomic mass is 9.86. The zero-order chi connectivity index (χ0) is 23.6. The van der Waals surface area contributed by atoms with Crippen molar-refractivity contribution in [3.05, 3.63) is 32.4 Å². The lowest BCUT2D eigenvalue weighted by Crippen LogP contribution is -2.19. The number of aromatic amines is 1. The lowest BCUT2D eigenvalue weighted by molar-refractivity contribution is -0.144. The molecule has 0 radical (unpaired) electrons. The summed E-state index contributed by atoms with van der Waals surface area (Å²) in [5, 5.41) is 4.33. The molecule has 180 valence electrons. The van der Waals surface area contributed by atoms with E-state index in [1.165, 1.54) is 6.07 Å². The topological polar surface area (TPSA) is 133 Å². The van der Waals surface area contributed by atoms with Gasteiger partial charge in [0.2, 0.25) is 5.71 Å². The first-order chi connectivity index (χ1) is 16.0. The van der Waals surface area contributed by atoms with E-state index < -0.39 is 11.2 Å². The highest BCUT2D eigenvalue weighted by molar-refractivity contribution is 5.85. The molecule has 0 aliphatic heterocycles. The van der Waals surface area contributed by atoms with Gasteiger partial charge >= 0.3 is 17.6 Å². The van der Waals surface area contributed by atoms with Gasteiger partial charge in [-0.3, -0.25) is 14.6 Å². The molecule has 2 heterocycles. The largest absolute Gasteiger partial charge is 0.466 e. The van der Waals surface area contributed by atoms with Gasteiger partial charge in [-0.2, -0.15) is 4.98 Å². The average molecular weight is 462 g/mol. The Balaban J connectivity index is 1.64. The van der Waals surface area contributed by atoms with Crippen molar-refractivity contribution in [1.29, 1.82) is 0 Å². The Bertz CT molecular complexity index is 1080. The number of carbonyl (C=O) groups excluding carboxylic acids is 1. The van der Waals surface area contributed by atoms with Crippen molar-refractivity contribution in [3.63, 3.8) is 0 Å². The molecule has 1 fully saturated rings. The number of carbonyl (C=O) groups is 1. The fraction of sp³-hybridized carbons (Fsp3) is 0.609. The molecule has 0 saturated heterocycles. The standard InChI is InChI=1S/C23H31N3O7/c1-3-11-30-12-5-6-16-14-19(28)32-22-20(16)21(29)24-23(25-22)33-26-17-9-7-15(8-10-17)13-18(27)31-4-2/h14-15H,3-13H2,1-2H3,(H,24,25,29). The molecule has 0 amide bonds. The SMILES string of the molecule is CCCOCCCc1cc(=O)oc2nc(ON=C3CCC(CC(=O)OCC)CC3)[nH]c(=O)c12. The number of aromatic nitrogens is 2. The van der Waals surface area contributed by atoms with Gasteiger partial charge in [0.05, 0.1) is 12.3 Å². The van der Waals surface area contributed by atoms with Gasteiger partial charge in [0.15, 0.2) is 0 Å². The Morgan fingerprint density at radius 2 is 2.03 bits per heavy atom. The van der Waals surface area contributed by atoms with Gasteiger partial charge in [0.1, 0.15) is 5.39 Å². The second-order valence-electron chi connectivity index (χ2n) is 8.06. The zero-order valence-electron chi connectivity index (χ0n) is 19.2. The molecule has 10 heteroatoms. The number of hydrogen-bond acceptors (Lipinski definition) is 9. The van der Waals surface area contributed by atoms with Crippen LogP contribution in [0.1, 0.15) is 64.4 Å². The van der Waals surface area contributed by atoms with Crippen molar-refractivity contribution in [3.8, 4) is 6.01 Å². The van der Waals surface area contributed by atoms with E-state index in [0.717, 1.165) is 25.0 Å². The van der Waals surface area contributed by atoms with Crippen molar-refractivity contribution in [1.82, 2.24) is 9.97 Å². The average Bonchev–Trinajstić information content (AvgIpc) is 2.78. The molecule has 10 nitrogen and oxygen atoms in total. The maximum atomic E-state index is 12.7. The third-order valence-corrected chi connectivity index (χ3v) is 5.46. The Hall–Kier alpha value is -3.01. The minimum atomic E-state index is -0.581. The van der Waals surface area contributed by atoms with Gasteiger partial charge in [-0.1, -0.05) is 12.1 Å². The van der Waals surface area contributed by atoms with Gasteiger partial charge < -0.3 is 18.7 Å². The van der Waals surface area contributed by atoms with Crippen LogP contribution in [0.4, 0.5) is 0 Å². The van der Waals surface area contributed by atoms with E-state index in [2.05, 4.69) is 15.1 Å². The number of H-pyrrole nitrogens is 1. The number of rotatable bonds is 11. The van der Waals surface area contributed by atoms with E-state index in [4.69, 9.17) is 18.7 Å². The van der Waals surface area contributed by atoms with E-state index in [0.29, 0.717) is 57.5 Å². The van der Waals surface area contributed by atoms with E-state index in [1.807, 2.05) is 6.92 Å². The third-order valence-electron chi connectivity index (χ3n) is 5.46. The third kappa shape index (κ3) is 7.24. The smallest absolute Gasteiger partial charge is 0.337 e. The van der Waals surface area contributed by atoms with Gasteiger partial charge in [-0.15, -0.1) is 0 Å². The first-order valence-electron chi connectivity index (χ1n) is 11.5. The summed E-state index contributed by atoms with van der Waals surface area (Å²) in [6, 6.07) is 1.18. The Morgan fingerprint density at radius 1 is 1.24 bits per heavy atom. The number of oxime groups is 1. The van der Waals surface area contributed by atoms with Crippen LogP contribution in [0.3, 0.4) is 0 Å². The summed E-state index contributed by atoms with van der Waals surface area (Å²) in [4.78, 5) is 48.3. The summed E-state index contributed by atoms with van der Waals surface area (Å²) >= 11 is 0. The molecular formula is C23H31N3O7. The Morgan fingerprint density at radius 3 is 2.76 bits per heavy atom. The molecule has 2 aromatic rings. The van der Waals surface area contributed by atoms with Gasteiger partial charge in [0, 0.05) is 25.7 Å². The number of fused-ring (bicyclic) bond motifs is 1. The van der Waals surface area contributed by atoms with Crippen molar-refractivity contribution in [2.75, 3.05) is 19.8 Å².